The van der Waals surface area contributed by atoms with Crippen LogP contribution >= 0.6 is 0 Å². The summed E-state index contributed by atoms with van der Waals surface area (Å²) in [6, 6.07) is 3.22. The average Bonchev–Trinajstić information content (AvgIpc) is 2.61. The van der Waals surface area contributed by atoms with Crippen LogP contribution in [0, 0.1) is 0 Å². The van der Waals surface area contributed by atoms with Crippen LogP contribution in [0.25, 0.3) is 5.57 Å². The number of nitrogens with zero attached hydrogens (tertiary/aromatic N) is 1. The summed E-state index contributed by atoms with van der Waals surface area (Å²) < 4.78 is 0. The molecular formula is C19H31NO2. The van der Waals surface area contributed by atoms with Crippen molar-refractivity contribution in [2.45, 2.75) is 48.5 Å². The topological polar surface area (TPSA) is 50.2 Å². The SMILES string of the molecule is C=C/C=C\C(=C/C)c1ccc(C(=O)O)cn1.CC.CC.CC. The number of rotatable bonds is 4. The van der Waals surface area contributed by atoms with E-state index >= 15 is 0 Å². The fourth-order valence-corrected chi connectivity index (χ4v) is 1.19. The van der Waals surface area contributed by atoms with Gasteiger partial charge in [0.2, 0.25) is 0 Å². The minimum absolute atomic E-state index is 0.187. The highest BCUT2D eigenvalue weighted by molar-refractivity contribution is 5.87. The molecule has 0 aliphatic rings. The first-order valence-corrected chi connectivity index (χ1v) is 7.84. The third kappa shape index (κ3) is 10.6. The predicted molar refractivity (Wildman–Crippen MR) is 98.2 cm³/mol. The Labute approximate surface area is 136 Å². The zero-order chi connectivity index (χ0) is 18.0. The Morgan fingerprint density at radius 1 is 1.14 bits per heavy atom. The first-order chi connectivity index (χ1) is 10.7. The van der Waals surface area contributed by atoms with Crippen molar-refractivity contribution >= 4 is 11.5 Å². The minimum Gasteiger partial charge on any atom is -0.478 e. The molecule has 1 N–H and O–H groups in total. The van der Waals surface area contributed by atoms with Gasteiger partial charge in [0.05, 0.1) is 11.3 Å². The average molecular weight is 305 g/mol. The fourth-order valence-electron chi connectivity index (χ4n) is 1.19. The number of hydrogen-bond donors (Lipinski definition) is 1. The van der Waals surface area contributed by atoms with Gasteiger partial charge < -0.3 is 5.11 Å². The second-order valence-electron chi connectivity index (χ2n) is 3.08. The molecule has 0 aliphatic heterocycles. The summed E-state index contributed by atoms with van der Waals surface area (Å²) in [6.07, 6.45) is 8.61. The summed E-state index contributed by atoms with van der Waals surface area (Å²) in [5.74, 6) is -0.970. The number of pyridine rings is 1. The molecule has 0 saturated heterocycles. The van der Waals surface area contributed by atoms with Crippen molar-refractivity contribution in [3.8, 4) is 0 Å². The zero-order valence-electron chi connectivity index (χ0n) is 15.1. The van der Waals surface area contributed by atoms with Crippen LogP contribution in [-0.2, 0) is 0 Å². The number of allylic oxidation sites excluding steroid dienone is 5. The Morgan fingerprint density at radius 2 is 1.68 bits per heavy atom. The van der Waals surface area contributed by atoms with E-state index < -0.39 is 5.97 Å². The van der Waals surface area contributed by atoms with Crippen molar-refractivity contribution in [2.75, 3.05) is 0 Å². The molecule has 3 nitrogen and oxygen atoms in total. The number of aromatic carboxylic acids is 1. The molecule has 22 heavy (non-hydrogen) atoms. The molecule has 0 fully saturated rings. The van der Waals surface area contributed by atoms with Crippen LogP contribution in [-0.4, -0.2) is 16.1 Å². The molecule has 1 heterocycles. The third-order valence-electron chi connectivity index (χ3n) is 2.03. The molecule has 0 aromatic carbocycles. The predicted octanol–water partition coefficient (Wildman–Crippen LogP) is 6.00. The molecule has 124 valence electrons. The lowest BCUT2D eigenvalue weighted by Crippen LogP contribution is -1.98. The van der Waals surface area contributed by atoms with Gasteiger partial charge in [0.1, 0.15) is 0 Å². The van der Waals surface area contributed by atoms with Crippen LogP contribution in [0.3, 0.4) is 0 Å². The van der Waals surface area contributed by atoms with Crippen LogP contribution in [0.1, 0.15) is 64.5 Å². The first kappa shape index (κ1) is 24.8. The number of carboxylic acid groups (broad SMARTS) is 1. The number of aromatic nitrogens is 1. The lowest BCUT2D eigenvalue weighted by molar-refractivity contribution is 0.0696. The number of carboxylic acids is 1. The second kappa shape index (κ2) is 18.8. The maximum atomic E-state index is 10.6. The van der Waals surface area contributed by atoms with Crippen molar-refractivity contribution in [2.24, 2.45) is 0 Å². The van der Waals surface area contributed by atoms with Crippen LogP contribution < -0.4 is 0 Å². The van der Waals surface area contributed by atoms with E-state index in [4.69, 9.17) is 5.11 Å². The van der Waals surface area contributed by atoms with E-state index in [-0.39, 0.29) is 5.56 Å². The molecule has 1 rings (SSSR count). The molecule has 0 radical (unpaired) electrons. The Morgan fingerprint density at radius 3 is 2.00 bits per heavy atom. The van der Waals surface area contributed by atoms with Gasteiger partial charge in [-0.25, -0.2) is 4.79 Å². The summed E-state index contributed by atoms with van der Waals surface area (Å²) in [4.78, 5) is 14.7. The van der Waals surface area contributed by atoms with Gasteiger partial charge in [-0.3, -0.25) is 4.98 Å². The van der Waals surface area contributed by atoms with E-state index in [1.807, 2.05) is 66.7 Å². The largest absolute Gasteiger partial charge is 0.478 e. The molecule has 0 bridgehead atoms. The van der Waals surface area contributed by atoms with Gasteiger partial charge in [-0.05, 0) is 24.6 Å². The molecule has 0 unspecified atom stereocenters. The van der Waals surface area contributed by atoms with Crippen LogP contribution in [0.4, 0.5) is 0 Å². The Hall–Kier alpha value is -2.16. The standard InChI is InChI=1S/C13H13NO2.3C2H6/c1-3-5-6-10(4-2)12-8-7-11(9-14-12)13(15)16;3*1-2/h3-9H,1H2,2H3,(H,15,16);3*1-2H3/b6-5-,10-4+;;;. The molecule has 0 spiro atoms. The molecule has 0 aliphatic carbocycles. The molecule has 1 aromatic heterocycles. The summed E-state index contributed by atoms with van der Waals surface area (Å²) in [7, 11) is 0. The Balaban J connectivity index is -0.000000535. The highest BCUT2D eigenvalue weighted by Gasteiger charge is 2.03. The van der Waals surface area contributed by atoms with Crippen molar-refractivity contribution in [3.63, 3.8) is 0 Å². The maximum absolute atomic E-state index is 10.6. The Kier molecular flexibility index (Phi) is 21.3. The zero-order valence-corrected chi connectivity index (χ0v) is 15.1. The number of carbonyl (C=O) groups is 1. The fraction of sp³-hybridized carbons (Fsp3) is 0.368. The van der Waals surface area contributed by atoms with E-state index in [1.54, 1.807) is 12.1 Å². The van der Waals surface area contributed by atoms with E-state index in [0.29, 0.717) is 0 Å². The van der Waals surface area contributed by atoms with E-state index in [9.17, 15) is 4.79 Å². The lowest BCUT2D eigenvalue weighted by atomic mass is 10.1. The van der Waals surface area contributed by atoms with Gasteiger partial charge >= 0.3 is 5.97 Å². The van der Waals surface area contributed by atoms with Crippen molar-refractivity contribution in [1.82, 2.24) is 4.98 Å². The smallest absolute Gasteiger partial charge is 0.337 e. The van der Waals surface area contributed by atoms with Crippen LogP contribution in [0.5, 0.6) is 0 Å². The monoisotopic (exact) mass is 305 g/mol. The first-order valence-electron chi connectivity index (χ1n) is 7.84. The number of hydrogen-bond acceptors (Lipinski definition) is 2. The molecule has 0 atom stereocenters. The third-order valence-corrected chi connectivity index (χ3v) is 2.03. The summed E-state index contributed by atoms with van der Waals surface area (Å²) in [6.45, 7) is 17.5. The second-order valence-corrected chi connectivity index (χ2v) is 3.08. The van der Waals surface area contributed by atoms with Gasteiger partial charge in [-0.1, -0.05) is 72.4 Å². The highest BCUT2D eigenvalue weighted by atomic mass is 16.4. The summed E-state index contributed by atoms with van der Waals surface area (Å²) in [5, 5.41) is 8.73. The van der Waals surface area contributed by atoms with Gasteiger partial charge in [0.25, 0.3) is 0 Å². The van der Waals surface area contributed by atoms with Gasteiger partial charge in [-0.2, -0.15) is 0 Å². The van der Waals surface area contributed by atoms with E-state index in [0.717, 1.165) is 11.3 Å². The van der Waals surface area contributed by atoms with Crippen LogP contribution in [0.2, 0.25) is 0 Å². The van der Waals surface area contributed by atoms with Crippen molar-refractivity contribution in [3.05, 3.63) is 60.5 Å². The van der Waals surface area contributed by atoms with Crippen molar-refractivity contribution < 1.29 is 9.90 Å². The van der Waals surface area contributed by atoms with Gasteiger partial charge in [0, 0.05) is 6.20 Å². The van der Waals surface area contributed by atoms with Gasteiger partial charge in [-0.15, -0.1) is 0 Å². The van der Waals surface area contributed by atoms with E-state index in [2.05, 4.69) is 11.6 Å². The van der Waals surface area contributed by atoms with Crippen LogP contribution in [0.15, 0.2) is 49.2 Å². The molecule has 0 saturated carbocycles. The maximum Gasteiger partial charge on any atom is 0.337 e. The minimum atomic E-state index is -0.970. The molecule has 1 aromatic rings. The normalized spacial score (nSPS) is 9.32. The quantitative estimate of drug-likeness (QED) is 0.693. The lowest BCUT2D eigenvalue weighted by Gasteiger charge is -2.01. The summed E-state index contributed by atoms with van der Waals surface area (Å²) in [5.41, 5.74) is 1.86. The van der Waals surface area contributed by atoms with E-state index in [1.165, 1.54) is 12.3 Å². The highest BCUT2D eigenvalue weighted by Crippen LogP contribution is 2.13. The van der Waals surface area contributed by atoms with Crippen molar-refractivity contribution in [1.29, 1.82) is 0 Å². The Bertz CT molecular complexity index is 443. The molecular weight excluding hydrogens is 274 g/mol. The molecule has 0 amide bonds. The summed E-state index contributed by atoms with van der Waals surface area (Å²) >= 11 is 0. The molecule has 3 heteroatoms. The van der Waals surface area contributed by atoms with Gasteiger partial charge in [0.15, 0.2) is 0 Å².